The third-order valence-corrected chi connectivity index (χ3v) is 9.53. The van der Waals surface area contributed by atoms with Gasteiger partial charge in [-0.25, -0.2) is 0 Å². The molecule has 0 aliphatic carbocycles. The molecular weight excluding hydrogens is 726 g/mol. The Bertz CT molecular complexity index is 2060. The Hall–Kier alpha value is -5.75. The molecule has 12 nitrogen and oxygen atoms in total. The van der Waals surface area contributed by atoms with Gasteiger partial charge < -0.3 is 48.3 Å². The highest BCUT2D eigenvalue weighted by Gasteiger charge is 2.26. The topological polar surface area (TPSA) is 132 Å². The van der Waals surface area contributed by atoms with E-state index in [1.54, 1.807) is 47.7 Å². The summed E-state index contributed by atoms with van der Waals surface area (Å²) in [6.45, 7) is 1.14. The minimum Gasteiger partial charge on any atom is -0.493 e. The molecule has 4 aromatic carbocycles. The van der Waals surface area contributed by atoms with E-state index >= 15 is 0 Å². The highest BCUT2D eigenvalue weighted by atomic mass is 35.5. The lowest BCUT2D eigenvalue weighted by molar-refractivity contribution is 0.0935. The first kappa shape index (κ1) is 39.0. The van der Waals surface area contributed by atoms with Crippen molar-refractivity contribution in [2.45, 2.75) is 44.7 Å². The van der Waals surface area contributed by atoms with Gasteiger partial charge in [-0.2, -0.15) is 0 Å². The van der Waals surface area contributed by atoms with Crippen LogP contribution in [0, 0.1) is 0 Å². The Balaban J connectivity index is 0.923. The Morgan fingerprint density at radius 1 is 0.618 bits per heavy atom. The first-order valence-electron chi connectivity index (χ1n) is 18.1. The third-order valence-electron chi connectivity index (χ3n) is 9.30. The summed E-state index contributed by atoms with van der Waals surface area (Å²) in [7, 11) is 7.95. The van der Waals surface area contributed by atoms with Crippen LogP contribution in [0.3, 0.4) is 0 Å². The van der Waals surface area contributed by atoms with E-state index in [1.807, 2.05) is 60.7 Å². The Morgan fingerprint density at radius 2 is 1.25 bits per heavy atom. The van der Waals surface area contributed by atoms with Crippen molar-refractivity contribution in [2.24, 2.45) is 0 Å². The largest absolute Gasteiger partial charge is 0.493 e. The second-order valence-electron chi connectivity index (χ2n) is 12.8. The van der Waals surface area contributed by atoms with Gasteiger partial charge in [0.1, 0.15) is 11.9 Å². The van der Waals surface area contributed by atoms with Crippen LogP contribution >= 0.6 is 11.6 Å². The van der Waals surface area contributed by atoms with Crippen LogP contribution < -0.4 is 43.8 Å². The SMILES string of the molecule is COc1cc(C2NC(=O)c3cc(Cl)ccc3N2)ccc1OCCCCCCCCOc1cc(-c2cc(-c3cc(OC)c(OC)c(OC)c3)no2)ccc1OC. The molecule has 0 radical (unpaired) electrons. The zero-order valence-corrected chi connectivity index (χ0v) is 32.4. The summed E-state index contributed by atoms with van der Waals surface area (Å²) in [6.07, 6.45) is 5.71. The second-order valence-corrected chi connectivity index (χ2v) is 13.3. The van der Waals surface area contributed by atoms with Crippen molar-refractivity contribution < 1.29 is 42.5 Å². The van der Waals surface area contributed by atoms with Crippen molar-refractivity contribution in [2.75, 3.05) is 54.1 Å². The molecular formula is C42H46ClN3O9. The summed E-state index contributed by atoms with van der Waals surface area (Å²) >= 11 is 6.07. The number of unbranched alkanes of at least 4 members (excludes halogenated alkanes) is 5. The lowest BCUT2D eigenvalue weighted by atomic mass is 10.1. The summed E-state index contributed by atoms with van der Waals surface area (Å²) in [5.41, 5.74) is 4.29. The zero-order chi connectivity index (χ0) is 38.7. The number of hydrogen-bond acceptors (Lipinski definition) is 11. The van der Waals surface area contributed by atoms with Crippen LogP contribution in [-0.2, 0) is 0 Å². The molecule has 0 spiro atoms. The van der Waals surface area contributed by atoms with Crippen molar-refractivity contribution >= 4 is 23.2 Å². The molecule has 5 aromatic rings. The molecule has 0 saturated carbocycles. The number of ether oxygens (including phenoxy) is 7. The minimum absolute atomic E-state index is 0.188. The predicted molar refractivity (Wildman–Crippen MR) is 211 cm³/mol. The van der Waals surface area contributed by atoms with Gasteiger partial charge in [0.2, 0.25) is 5.75 Å². The van der Waals surface area contributed by atoms with Gasteiger partial charge in [-0.05, 0) is 79.1 Å². The molecule has 1 amide bonds. The number of nitrogens with one attached hydrogen (secondary N) is 2. The molecule has 0 fully saturated rings. The van der Waals surface area contributed by atoms with Crippen LogP contribution in [0.4, 0.5) is 5.69 Å². The van der Waals surface area contributed by atoms with E-state index < -0.39 is 6.17 Å². The van der Waals surface area contributed by atoms with Crippen molar-refractivity contribution in [3.05, 3.63) is 88.9 Å². The highest BCUT2D eigenvalue weighted by molar-refractivity contribution is 6.31. The number of benzene rings is 4. The maximum absolute atomic E-state index is 12.7. The molecule has 2 heterocycles. The standard InChI is InChI=1S/C42H46ClN3O9/c1-48-33-16-12-26(35-25-32(46-55-35)28-22-38(50-3)40(52-5)39(23-28)51-4)20-37(33)54-19-11-9-7-6-8-10-18-53-34-17-13-27(21-36(34)49-2)41-44-31-15-14-29(43)24-30(31)42(47)45-41/h12-17,20-25,41,44H,6-11,18-19H2,1-5H3,(H,45,47). The van der Waals surface area contributed by atoms with E-state index in [0.717, 1.165) is 60.9 Å². The molecule has 13 heteroatoms. The van der Waals surface area contributed by atoms with E-state index in [1.165, 1.54) is 0 Å². The minimum atomic E-state index is -0.405. The van der Waals surface area contributed by atoms with E-state index in [4.69, 9.17) is 49.3 Å². The van der Waals surface area contributed by atoms with E-state index in [2.05, 4.69) is 15.8 Å². The van der Waals surface area contributed by atoms with E-state index in [9.17, 15) is 4.79 Å². The normalized spacial score (nSPS) is 13.3. The lowest BCUT2D eigenvalue weighted by Crippen LogP contribution is -2.38. The highest BCUT2D eigenvalue weighted by Crippen LogP contribution is 2.42. The summed E-state index contributed by atoms with van der Waals surface area (Å²) < 4.78 is 45.6. The number of halogens is 1. The number of carbonyl (C=O) groups is 1. The predicted octanol–water partition coefficient (Wildman–Crippen LogP) is 9.36. The van der Waals surface area contributed by atoms with Gasteiger partial charge in [0.25, 0.3) is 5.91 Å². The molecule has 1 aliphatic heterocycles. The first-order valence-corrected chi connectivity index (χ1v) is 18.5. The number of amides is 1. The van der Waals surface area contributed by atoms with Crippen LogP contribution in [-0.4, -0.2) is 59.8 Å². The summed E-state index contributed by atoms with van der Waals surface area (Å²) in [6, 6.07) is 22.1. The van der Waals surface area contributed by atoms with Gasteiger partial charge in [-0.3, -0.25) is 4.79 Å². The fourth-order valence-corrected chi connectivity index (χ4v) is 6.55. The molecule has 0 bridgehead atoms. The maximum atomic E-state index is 12.7. The molecule has 1 unspecified atom stereocenters. The van der Waals surface area contributed by atoms with Crippen molar-refractivity contribution in [1.29, 1.82) is 0 Å². The van der Waals surface area contributed by atoms with Gasteiger partial charge in [0.15, 0.2) is 40.3 Å². The van der Waals surface area contributed by atoms with Gasteiger partial charge in [0, 0.05) is 27.9 Å². The van der Waals surface area contributed by atoms with Crippen molar-refractivity contribution in [1.82, 2.24) is 10.5 Å². The zero-order valence-electron chi connectivity index (χ0n) is 31.7. The number of methoxy groups -OCH3 is 5. The molecule has 1 aliphatic rings. The Labute approximate surface area is 325 Å². The van der Waals surface area contributed by atoms with Crippen molar-refractivity contribution in [3.63, 3.8) is 0 Å². The number of nitrogens with zero attached hydrogens (tertiary/aromatic N) is 1. The van der Waals surface area contributed by atoms with Gasteiger partial charge in [0.05, 0.1) is 54.3 Å². The summed E-state index contributed by atoms with van der Waals surface area (Å²) in [5, 5.41) is 11.1. The molecule has 290 valence electrons. The van der Waals surface area contributed by atoms with Crippen LogP contribution in [0.25, 0.3) is 22.6 Å². The van der Waals surface area contributed by atoms with Gasteiger partial charge in [-0.1, -0.05) is 48.5 Å². The molecule has 55 heavy (non-hydrogen) atoms. The molecule has 0 saturated heterocycles. The van der Waals surface area contributed by atoms with E-state index in [-0.39, 0.29) is 5.91 Å². The van der Waals surface area contributed by atoms with E-state index in [0.29, 0.717) is 75.5 Å². The summed E-state index contributed by atoms with van der Waals surface area (Å²) in [4.78, 5) is 12.7. The van der Waals surface area contributed by atoms with Crippen LogP contribution in [0.5, 0.6) is 40.2 Å². The molecule has 6 rings (SSSR count). The number of anilines is 1. The Morgan fingerprint density at radius 3 is 1.93 bits per heavy atom. The number of hydrogen-bond donors (Lipinski definition) is 2. The molecule has 2 N–H and O–H groups in total. The van der Waals surface area contributed by atoms with Crippen molar-refractivity contribution in [3.8, 4) is 62.8 Å². The number of fused-ring (bicyclic) bond motifs is 1. The third kappa shape index (κ3) is 9.32. The quantitative estimate of drug-likeness (QED) is 0.0779. The lowest BCUT2D eigenvalue weighted by Gasteiger charge is -2.28. The molecule has 1 aromatic heterocycles. The first-order chi connectivity index (χ1) is 26.8. The maximum Gasteiger partial charge on any atom is 0.255 e. The number of aromatic nitrogens is 1. The smallest absolute Gasteiger partial charge is 0.255 e. The number of carbonyl (C=O) groups excluding carboxylic acids is 1. The van der Waals surface area contributed by atoms with Crippen LogP contribution in [0.2, 0.25) is 5.02 Å². The monoisotopic (exact) mass is 771 g/mol. The molecule has 1 atom stereocenters. The van der Waals surface area contributed by atoms with Gasteiger partial charge >= 0.3 is 0 Å². The summed E-state index contributed by atoms with van der Waals surface area (Å²) in [5.74, 6) is 4.52. The number of rotatable bonds is 19. The Kier molecular flexibility index (Phi) is 13.1. The second kappa shape index (κ2) is 18.5. The van der Waals surface area contributed by atoms with Crippen LogP contribution in [0.15, 0.2) is 77.3 Å². The van der Waals surface area contributed by atoms with Crippen LogP contribution in [0.1, 0.15) is 60.6 Å². The average molecular weight is 772 g/mol. The van der Waals surface area contributed by atoms with Gasteiger partial charge in [-0.15, -0.1) is 0 Å². The fourth-order valence-electron chi connectivity index (χ4n) is 6.37. The average Bonchev–Trinajstić information content (AvgIpc) is 3.71. The fraction of sp³-hybridized carbons (Fsp3) is 0.333.